The molecular formula is C28H33F4N5O6. The Hall–Kier alpha value is -4.27. The summed E-state index contributed by atoms with van der Waals surface area (Å²) in [5, 5.41) is 31.0. The number of nitrogens with one attached hydrogen (secondary N) is 4. The van der Waals surface area contributed by atoms with Crippen LogP contribution in [0.25, 0.3) is 0 Å². The molecule has 1 aliphatic heterocycles. The second kappa shape index (κ2) is 13.8. The summed E-state index contributed by atoms with van der Waals surface area (Å²) in [4.78, 5) is 55.5. The number of nitrogens with zero attached hydrogens (tertiary/aromatic N) is 1. The number of hydrogen-bond donors (Lipinski definition) is 6. The SMILES string of the molecule is CC(C)CC1NC(=O)[C@H](C)[C@H](O)[C@H](Cc2c(F)nc(F)c(F)c2F)NC(=O)[C@@H](NC(=O)c2ccccc2O)[C@@H](C)NC1=O. The van der Waals surface area contributed by atoms with Crippen LogP contribution in [0.1, 0.15) is 50.0 Å². The first-order valence-corrected chi connectivity index (χ1v) is 13.5. The first-order valence-electron chi connectivity index (χ1n) is 13.5. The Balaban J connectivity index is 2.07. The summed E-state index contributed by atoms with van der Waals surface area (Å²) in [6.45, 7) is 6.16. The number of benzene rings is 1. The molecule has 2 heterocycles. The normalized spacial score (nSPS) is 25.2. The Kier molecular flexibility index (Phi) is 10.7. The number of amides is 4. The Bertz CT molecular complexity index is 1390. The van der Waals surface area contributed by atoms with E-state index in [1.807, 2.05) is 0 Å². The zero-order chi connectivity index (χ0) is 32.2. The van der Waals surface area contributed by atoms with E-state index in [2.05, 4.69) is 26.3 Å². The predicted molar refractivity (Wildman–Crippen MR) is 143 cm³/mol. The largest absolute Gasteiger partial charge is 0.507 e. The van der Waals surface area contributed by atoms with Gasteiger partial charge in [0, 0.05) is 12.0 Å². The highest BCUT2D eigenvalue weighted by Crippen LogP contribution is 2.22. The summed E-state index contributed by atoms with van der Waals surface area (Å²) in [5.41, 5.74) is -1.33. The van der Waals surface area contributed by atoms with Gasteiger partial charge in [-0.25, -0.2) is 4.39 Å². The summed E-state index contributed by atoms with van der Waals surface area (Å²) in [7, 11) is 0. The van der Waals surface area contributed by atoms with Crippen molar-refractivity contribution in [3.05, 3.63) is 58.9 Å². The van der Waals surface area contributed by atoms with Crippen molar-refractivity contribution < 1.29 is 47.0 Å². The molecule has 1 saturated heterocycles. The maximum absolute atomic E-state index is 14.6. The van der Waals surface area contributed by atoms with E-state index in [0.29, 0.717) is 0 Å². The lowest BCUT2D eigenvalue weighted by Crippen LogP contribution is -2.64. The standard InChI is InChI=1S/C28H33F4N5O6/c1-11(2)9-17-27(42)33-13(4)21(36-26(41)14-7-5-6-8-18(14)38)28(43)34-16(22(39)12(3)25(40)35-17)10-15-19(29)20(30)24(32)37-23(15)31/h5-8,11-13,16-17,21-22,38-39H,9-10H2,1-4H3,(H,33,42)(H,34,43)(H,35,40)(H,36,41)/t12-,13-,16+,17?,21+,22+/m1/s1. The van der Waals surface area contributed by atoms with Crippen molar-refractivity contribution in [1.82, 2.24) is 26.3 Å². The molecule has 0 bridgehead atoms. The average Bonchev–Trinajstić information content (AvgIpc) is 2.94. The van der Waals surface area contributed by atoms with Crippen LogP contribution in [0, 0.1) is 35.4 Å². The number of halogens is 4. The number of phenolic OH excluding ortho intramolecular Hbond substituents is 1. The van der Waals surface area contributed by atoms with Gasteiger partial charge in [-0.3, -0.25) is 19.2 Å². The number of rotatable bonds is 6. The fraction of sp³-hybridized carbons (Fsp3) is 0.464. The van der Waals surface area contributed by atoms with E-state index in [0.717, 1.165) is 0 Å². The Morgan fingerprint density at radius 3 is 2.23 bits per heavy atom. The van der Waals surface area contributed by atoms with Crippen LogP contribution in [0.15, 0.2) is 24.3 Å². The summed E-state index contributed by atoms with van der Waals surface area (Å²) < 4.78 is 56.5. The van der Waals surface area contributed by atoms with Crippen LogP contribution in [-0.4, -0.2) is 69.1 Å². The second-order valence-corrected chi connectivity index (χ2v) is 10.9. The summed E-state index contributed by atoms with van der Waals surface area (Å²) in [5.74, 6) is -13.3. The maximum Gasteiger partial charge on any atom is 0.255 e. The van der Waals surface area contributed by atoms with Gasteiger partial charge in [-0.1, -0.05) is 32.9 Å². The quantitative estimate of drug-likeness (QED) is 0.211. The van der Waals surface area contributed by atoms with E-state index in [9.17, 15) is 47.0 Å². The Morgan fingerprint density at radius 2 is 1.60 bits per heavy atom. The number of aromatic nitrogens is 1. The molecule has 1 aliphatic rings. The molecule has 11 nitrogen and oxygen atoms in total. The molecule has 43 heavy (non-hydrogen) atoms. The lowest BCUT2D eigenvalue weighted by molar-refractivity contribution is -0.136. The molecule has 1 unspecified atom stereocenters. The molecule has 2 aromatic rings. The lowest BCUT2D eigenvalue weighted by atomic mass is 9.90. The van der Waals surface area contributed by atoms with Gasteiger partial charge < -0.3 is 31.5 Å². The molecule has 0 spiro atoms. The average molecular weight is 612 g/mol. The van der Waals surface area contributed by atoms with Crippen LogP contribution in [0.4, 0.5) is 17.6 Å². The molecule has 1 fully saturated rings. The topological polar surface area (TPSA) is 170 Å². The van der Waals surface area contributed by atoms with Crippen LogP contribution < -0.4 is 21.3 Å². The van der Waals surface area contributed by atoms with Crippen molar-refractivity contribution in [2.24, 2.45) is 11.8 Å². The maximum atomic E-state index is 14.6. The van der Waals surface area contributed by atoms with Crippen LogP contribution in [0.5, 0.6) is 5.75 Å². The highest BCUT2D eigenvalue weighted by atomic mass is 19.2. The molecule has 3 rings (SSSR count). The van der Waals surface area contributed by atoms with Crippen molar-refractivity contribution in [1.29, 1.82) is 0 Å². The third-order valence-electron chi connectivity index (χ3n) is 7.10. The van der Waals surface area contributed by atoms with Gasteiger partial charge in [-0.05, 0) is 31.4 Å². The zero-order valence-electron chi connectivity index (χ0n) is 23.8. The zero-order valence-corrected chi connectivity index (χ0v) is 23.8. The van der Waals surface area contributed by atoms with Gasteiger partial charge >= 0.3 is 0 Å². The molecule has 1 aromatic carbocycles. The Morgan fingerprint density at radius 1 is 0.953 bits per heavy atom. The molecular weight excluding hydrogens is 578 g/mol. The van der Waals surface area contributed by atoms with Gasteiger partial charge in [0.25, 0.3) is 11.9 Å². The number of hydrogen-bond acceptors (Lipinski definition) is 7. The number of aromatic hydroxyl groups is 1. The van der Waals surface area contributed by atoms with Crippen LogP contribution >= 0.6 is 0 Å². The molecule has 0 radical (unpaired) electrons. The summed E-state index contributed by atoms with van der Waals surface area (Å²) in [6.07, 6.45) is -2.72. The first-order chi connectivity index (χ1) is 20.1. The lowest BCUT2D eigenvalue weighted by Gasteiger charge is -2.34. The smallest absolute Gasteiger partial charge is 0.255 e. The van der Waals surface area contributed by atoms with Crippen molar-refractivity contribution >= 4 is 23.6 Å². The predicted octanol–water partition coefficient (Wildman–Crippen LogP) is 1.22. The number of carbonyl (C=O) groups is 4. The number of carbonyl (C=O) groups excluding carboxylic acids is 4. The number of pyridine rings is 1. The van der Waals surface area contributed by atoms with Crippen molar-refractivity contribution in [2.45, 2.75) is 70.8 Å². The molecule has 0 aliphatic carbocycles. The minimum absolute atomic E-state index is 0.0982. The van der Waals surface area contributed by atoms with Crippen molar-refractivity contribution in [2.75, 3.05) is 0 Å². The van der Waals surface area contributed by atoms with E-state index in [4.69, 9.17) is 0 Å². The van der Waals surface area contributed by atoms with Gasteiger partial charge in [0.1, 0.15) is 17.8 Å². The highest BCUT2D eigenvalue weighted by Gasteiger charge is 2.39. The molecule has 0 saturated carbocycles. The molecule has 6 atom stereocenters. The molecule has 6 N–H and O–H groups in total. The number of phenols is 1. The van der Waals surface area contributed by atoms with Crippen molar-refractivity contribution in [3.8, 4) is 5.75 Å². The van der Waals surface area contributed by atoms with Gasteiger partial charge in [0.05, 0.1) is 29.7 Å². The van der Waals surface area contributed by atoms with Gasteiger partial charge in [0.15, 0.2) is 5.82 Å². The number of aliphatic hydroxyl groups excluding tert-OH is 1. The van der Waals surface area contributed by atoms with Crippen LogP contribution in [0.3, 0.4) is 0 Å². The Labute approximate surface area is 244 Å². The molecule has 234 valence electrons. The van der Waals surface area contributed by atoms with Gasteiger partial charge in [-0.2, -0.15) is 18.2 Å². The van der Waals surface area contributed by atoms with Gasteiger partial charge in [0.2, 0.25) is 29.5 Å². The minimum Gasteiger partial charge on any atom is -0.507 e. The second-order valence-electron chi connectivity index (χ2n) is 10.9. The molecule has 4 amide bonds. The fourth-order valence-corrected chi connectivity index (χ4v) is 4.66. The summed E-state index contributed by atoms with van der Waals surface area (Å²) in [6, 6.07) is -0.217. The monoisotopic (exact) mass is 611 g/mol. The van der Waals surface area contributed by atoms with E-state index >= 15 is 0 Å². The van der Waals surface area contributed by atoms with E-state index < -0.39 is 101 Å². The van der Waals surface area contributed by atoms with Crippen LogP contribution in [-0.2, 0) is 20.8 Å². The summed E-state index contributed by atoms with van der Waals surface area (Å²) >= 11 is 0. The minimum atomic E-state index is -2.09. The third-order valence-corrected chi connectivity index (χ3v) is 7.10. The number of para-hydroxylation sites is 1. The van der Waals surface area contributed by atoms with Crippen molar-refractivity contribution in [3.63, 3.8) is 0 Å². The highest BCUT2D eigenvalue weighted by molar-refractivity contribution is 6.00. The third kappa shape index (κ3) is 7.77. The van der Waals surface area contributed by atoms with E-state index in [1.165, 1.54) is 38.1 Å². The first kappa shape index (κ1) is 33.2. The van der Waals surface area contributed by atoms with Gasteiger partial charge in [-0.15, -0.1) is 0 Å². The van der Waals surface area contributed by atoms with Crippen LogP contribution in [0.2, 0.25) is 0 Å². The molecule has 15 heteroatoms. The van der Waals surface area contributed by atoms with E-state index in [-0.39, 0.29) is 17.9 Å². The van der Waals surface area contributed by atoms with E-state index in [1.54, 1.807) is 13.8 Å². The fourth-order valence-electron chi connectivity index (χ4n) is 4.66. The number of aliphatic hydroxyl groups is 1. The molecule has 1 aromatic heterocycles.